The van der Waals surface area contributed by atoms with Crippen LogP contribution >= 0.6 is 0 Å². The number of hydrogen-bond donors (Lipinski definition) is 2. The van der Waals surface area contributed by atoms with Gasteiger partial charge in [-0.2, -0.15) is 0 Å². The van der Waals surface area contributed by atoms with E-state index < -0.39 is 0 Å². The molecule has 0 saturated heterocycles. The highest BCUT2D eigenvalue weighted by molar-refractivity contribution is 5.97. The summed E-state index contributed by atoms with van der Waals surface area (Å²) in [6.07, 6.45) is 3.67. The number of carbonyl (C=O) groups is 2. The van der Waals surface area contributed by atoms with Gasteiger partial charge in [-0.25, -0.2) is 4.98 Å². The van der Waals surface area contributed by atoms with Crippen molar-refractivity contribution in [1.29, 1.82) is 0 Å². The maximum Gasteiger partial charge on any atom is 0.251 e. The lowest BCUT2D eigenvalue weighted by Crippen LogP contribution is -2.23. The van der Waals surface area contributed by atoms with Gasteiger partial charge in [0, 0.05) is 36.5 Å². The first-order valence-electron chi connectivity index (χ1n) is 8.74. The van der Waals surface area contributed by atoms with Crippen LogP contribution in [0.4, 0.5) is 5.69 Å². The van der Waals surface area contributed by atoms with Gasteiger partial charge in [-0.05, 0) is 37.1 Å². The quantitative estimate of drug-likeness (QED) is 0.711. The van der Waals surface area contributed by atoms with E-state index in [0.717, 1.165) is 24.0 Å². The molecule has 1 heterocycles. The molecule has 26 heavy (non-hydrogen) atoms. The van der Waals surface area contributed by atoms with Gasteiger partial charge in [0.2, 0.25) is 11.8 Å². The van der Waals surface area contributed by atoms with Crippen LogP contribution in [0.5, 0.6) is 5.88 Å². The molecule has 0 spiro atoms. The third kappa shape index (κ3) is 5.58. The number of hydrogen-bond acceptors (Lipinski definition) is 4. The van der Waals surface area contributed by atoms with Gasteiger partial charge in [0.25, 0.3) is 5.91 Å². The Balaban J connectivity index is 2.04. The molecule has 2 N–H and O–H groups in total. The molecule has 0 bridgehead atoms. The van der Waals surface area contributed by atoms with Crippen LogP contribution in [0.3, 0.4) is 0 Å². The van der Waals surface area contributed by atoms with Gasteiger partial charge < -0.3 is 15.4 Å². The van der Waals surface area contributed by atoms with Gasteiger partial charge in [0.15, 0.2) is 0 Å². The summed E-state index contributed by atoms with van der Waals surface area (Å²) in [6, 6.07) is 8.91. The minimum absolute atomic E-state index is 0.171. The fraction of sp³-hybridized carbons (Fsp3) is 0.350. The Labute approximate surface area is 154 Å². The average Bonchev–Trinajstić information content (AvgIpc) is 2.62. The summed E-state index contributed by atoms with van der Waals surface area (Å²) < 4.78 is 5.68. The molecule has 0 radical (unpaired) electrons. The number of carbonyl (C=O) groups excluding carboxylic acids is 2. The van der Waals surface area contributed by atoms with E-state index in [0.29, 0.717) is 30.3 Å². The topological polar surface area (TPSA) is 80.3 Å². The molecule has 6 heteroatoms. The van der Waals surface area contributed by atoms with Crippen molar-refractivity contribution in [2.75, 3.05) is 11.9 Å². The summed E-state index contributed by atoms with van der Waals surface area (Å²) in [5, 5.41) is 5.61. The van der Waals surface area contributed by atoms with Crippen LogP contribution in [0.2, 0.25) is 0 Å². The number of unbranched alkanes of at least 4 members (excludes halogenated alkanes) is 1. The number of amides is 2. The van der Waals surface area contributed by atoms with Crippen molar-refractivity contribution >= 4 is 17.5 Å². The minimum Gasteiger partial charge on any atom is -0.477 e. The zero-order valence-corrected chi connectivity index (χ0v) is 15.5. The van der Waals surface area contributed by atoms with Crippen molar-refractivity contribution in [3.8, 4) is 5.88 Å². The largest absolute Gasteiger partial charge is 0.477 e. The molecule has 0 unspecified atom stereocenters. The molecule has 0 saturated carbocycles. The molecule has 0 atom stereocenters. The smallest absolute Gasteiger partial charge is 0.251 e. The van der Waals surface area contributed by atoms with Crippen molar-refractivity contribution in [3.05, 3.63) is 53.2 Å². The van der Waals surface area contributed by atoms with E-state index in [1.165, 1.54) is 6.92 Å². The maximum absolute atomic E-state index is 12.5. The summed E-state index contributed by atoms with van der Waals surface area (Å²) in [4.78, 5) is 28.0. The molecule has 0 aliphatic carbocycles. The highest BCUT2D eigenvalue weighted by atomic mass is 16.5. The van der Waals surface area contributed by atoms with Crippen LogP contribution in [0.15, 0.2) is 36.5 Å². The van der Waals surface area contributed by atoms with Gasteiger partial charge in [-0.3, -0.25) is 9.59 Å². The third-order valence-electron chi connectivity index (χ3n) is 3.84. The standard InChI is InChI=1S/C20H25N3O3/c1-4-5-11-26-20-17(7-6-10-21-20)13-22-19(25)16-9-8-14(2)18(12-16)23-15(3)24/h6-10,12H,4-5,11,13H2,1-3H3,(H,22,25)(H,23,24). The van der Waals surface area contributed by atoms with E-state index in [2.05, 4.69) is 22.5 Å². The molecule has 0 fully saturated rings. The normalized spacial score (nSPS) is 10.3. The van der Waals surface area contributed by atoms with Crippen molar-refractivity contribution in [1.82, 2.24) is 10.3 Å². The average molecular weight is 355 g/mol. The summed E-state index contributed by atoms with van der Waals surface area (Å²) in [6.45, 7) is 6.33. The fourth-order valence-electron chi connectivity index (χ4n) is 2.37. The van der Waals surface area contributed by atoms with E-state index in [1.54, 1.807) is 18.3 Å². The molecular formula is C20H25N3O3. The lowest BCUT2D eigenvalue weighted by molar-refractivity contribution is -0.114. The SMILES string of the molecule is CCCCOc1ncccc1CNC(=O)c1ccc(C)c(NC(C)=O)c1. The molecule has 2 rings (SSSR count). The molecule has 0 aliphatic rings. The Hall–Kier alpha value is -2.89. The van der Waals surface area contributed by atoms with Crippen molar-refractivity contribution in [2.24, 2.45) is 0 Å². The van der Waals surface area contributed by atoms with E-state index in [1.807, 2.05) is 25.1 Å². The minimum atomic E-state index is -0.222. The second-order valence-electron chi connectivity index (χ2n) is 6.06. The second-order valence-corrected chi connectivity index (χ2v) is 6.06. The molecule has 1 aromatic carbocycles. The number of nitrogens with zero attached hydrogens (tertiary/aromatic N) is 1. The zero-order valence-electron chi connectivity index (χ0n) is 15.5. The number of ether oxygens (including phenoxy) is 1. The Morgan fingerprint density at radius 2 is 2.04 bits per heavy atom. The van der Waals surface area contributed by atoms with Crippen molar-refractivity contribution < 1.29 is 14.3 Å². The Morgan fingerprint density at radius 1 is 1.23 bits per heavy atom. The number of anilines is 1. The predicted octanol–water partition coefficient (Wildman–Crippen LogP) is 3.46. The summed E-state index contributed by atoms with van der Waals surface area (Å²) in [5.74, 6) is 0.152. The van der Waals surface area contributed by atoms with Gasteiger partial charge in [-0.15, -0.1) is 0 Å². The van der Waals surface area contributed by atoms with Gasteiger partial charge in [-0.1, -0.05) is 25.5 Å². The first-order valence-corrected chi connectivity index (χ1v) is 8.74. The van der Waals surface area contributed by atoms with Crippen LogP contribution in [0, 0.1) is 6.92 Å². The van der Waals surface area contributed by atoms with Crippen LogP contribution in [0.1, 0.15) is 48.2 Å². The second kappa shape index (κ2) is 9.56. The number of pyridine rings is 1. The fourth-order valence-corrected chi connectivity index (χ4v) is 2.37. The molecule has 1 aromatic heterocycles. The highest BCUT2D eigenvalue weighted by Crippen LogP contribution is 2.18. The van der Waals surface area contributed by atoms with Crippen molar-refractivity contribution in [2.45, 2.75) is 40.2 Å². The molecule has 138 valence electrons. The molecule has 2 aromatic rings. The number of rotatable bonds is 8. The summed E-state index contributed by atoms with van der Waals surface area (Å²) >= 11 is 0. The zero-order chi connectivity index (χ0) is 18.9. The number of nitrogens with one attached hydrogen (secondary N) is 2. The first kappa shape index (κ1) is 19.4. The van der Waals surface area contributed by atoms with Gasteiger partial charge in [0.1, 0.15) is 0 Å². The Morgan fingerprint density at radius 3 is 2.77 bits per heavy atom. The lowest BCUT2D eigenvalue weighted by atomic mass is 10.1. The number of benzene rings is 1. The Bertz CT molecular complexity index is 775. The Kier molecular flexibility index (Phi) is 7.14. The molecule has 2 amide bonds. The predicted molar refractivity (Wildman–Crippen MR) is 101 cm³/mol. The van der Waals surface area contributed by atoms with Crippen LogP contribution < -0.4 is 15.4 Å². The van der Waals surface area contributed by atoms with E-state index in [-0.39, 0.29) is 11.8 Å². The number of aromatic nitrogens is 1. The first-order chi connectivity index (χ1) is 12.5. The van der Waals surface area contributed by atoms with Crippen molar-refractivity contribution in [3.63, 3.8) is 0 Å². The van der Waals surface area contributed by atoms with E-state index in [9.17, 15) is 9.59 Å². The maximum atomic E-state index is 12.5. The van der Waals surface area contributed by atoms with Gasteiger partial charge >= 0.3 is 0 Å². The molecule has 0 aliphatic heterocycles. The summed E-state index contributed by atoms with van der Waals surface area (Å²) in [5.41, 5.74) is 2.84. The summed E-state index contributed by atoms with van der Waals surface area (Å²) in [7, 11) is 0. The monoisotopic (exact) mass is 355 g/mol. The number of aryl methyl sites for hydroxylation is 1. The van der Waals surface area contributed by atoms with Crippen LogP contribution in [-0.2, 0) is 11.3 Å². The van der Waals surface area contributed by atoms with Gasteiger partial charge in [0.05, 0.1) is 6.61 Å². The van der Waals surface area contributed by atoms with Crippen LogP contribution in [0.25, 0.3) is 0 Å². The lowest BCUT2D eigenvalue weighted by Gasteiger charge is -2.12. The van der Waals surface area contributed by atoms with E-state index in [4.69, 9.17) is 4.74 Å². The molecule has 6 nitrogen and oxygen atoms in total. The molecular weight excluding hydrogens is 330 g/mol. The third-order valence-corrected chi connectivity index (χ3v) is 3.84. The highest BCUT2D eigenvalue weighted by Gasteiger charge is 2.11. The van der Waals surface area contributed by atoms with E-state index >= 15 is 0 Å². The van der Waals surface area contributed by atoms with Crippen LogP contribution in [-0.4, -0.2) is 23.4 Å².